The lowest BCUT2D eigenvalue weighted by molar-refractivity contribution is 0.318. The number of oxime groups is 1. The van der Waals surface area contributed by atoms with Crippen LogP contribution in [0.3, 0.4) is 0 Å². The van der Waals surface area contributed by atoms with Gasteiger partial charge in [0.1, 0.15) is 11.6 Å². The van der Waals surface area contributed by atoms with Crippen molar-refractivity contribution in [3.8, 4) is 5.69 Å². The third kappa shape index (κ3) is 2.41. The maximum Gasteiger partial charge on any atom is 0.173 e. The van der Waals surface area contributed by atoms with Gasteiger partial charge in [-0.3, -0.25) is 0 Å². The van der Waals surface area contributed by atoms with Crippen molar-refractivity contribution in [2.24, 2.45) is 10.9 Å². The molecule has 0 saturated carbocycles. The van der Waals surface area contributed by atoms with Gasteiger partial charge in [-0.1, -0.05) is 11.2 Å². The number of hydrogen-bond acceptors (Lipinski definition) is 5. The van der Waals surface area contributed by atoms with Gasteiger partial charge in [0.15, 0.2) is 5.84 Å². The van der Waals surface area contributed by atoms with E-state index in [-0.39, 0.29) is 5.84 Å². The number of hydrogen-bond donors (Lipinski definition) is 2. The zero-order valence-corrected chi connectivity index (χ0v) is 11.8. The summed E-state index contributed by atoms with van der Waals surface area (Å²) >= 11 is 1.53. The third-order valence-electron chi connectivity index (χ3n) is 2.69. The van der Waals surface area contributed by atoms with Crippen molar-refractivity contribution in [1.82, 2.24) is 14.8 Å². The van der Waals surface area contributed by atoms with Crippen molar-refractivity contribution < 1.29 is 5.21 Å². The molecule has 1 heterocycles. The Bertz CT molecular complexity index is 635. The van der Waals surface area contributed by atoms with Crippen LogP contribution < -0.4 is 5.73 Å². The molecule has 0 aliphatic carbocycles. The summed E-state index contributed by atoms with van der Waals surface area (Å²) in [5.74, 6) is 1.49. The highest BCUT2D eigenvalue weighted by molar-refractivity contribution is 7.98. The van der Waals surface area contributed by atoms with Gasteiger partial charge in [-0.15, -0.1) is 11.8 Å². The summed E-state index contributed by atoms with van der Waals surface area (Å²) in [4.78, 5) is 5.19. The highest BCUT2D eigenvalue weighted by atomic mass is 32.2. The Hall–Kier alpha value is -2.02. The number of aromatic nitrogens is 3. The minimum absolute atomic E-state index is 0.0625. The number of benzene rings is 1. The van der Waals surface area contributed by atoms with Crippen LogP contribution in [-0.2, 0) is 0 Å². The molecule has 0 saturated heterocycles. The SMILES string of the molecule is CSc1cccc(-n2nc(C)nc2C)c1/C(N)=N/O. The van der Waals surface area contributed by atoms with Crippen LogP contribution in [0.5, 0.6) is 0 Å². The highest BCUT2D eigenvalue weighted by Gasteiger charge is 2.16. The summed E-state index contributed by atoms with van der Waals surface area (Å²) in [6, 6.07) is 5.70. The van der Waals surface area contributed by atoms with E-state index >= 15 is 0 Å². The van der Waals surface area contributed by atoms with Gasteiger partial charge in [-0.25, -0.2) is 9.67 Å². The topological polar surface area (TPSA) is 89.3 Å². The van der Waals surface area contributed by atoms with E-state index in [1.165, 1.54) is 11.8 Å². The average Bonchev–Trinajstić information content (AvgIpc) is 2.75. The molecule has 2 aromatic rings. The van der Waals surface area contributed by atoms with E-state index in [0.29, 0.717) is 11.4 Å². The maximum absolute atomic E-state index is 8.96. The van der Waals surface area contributed by atoms with Crippen LogP contribution in [0.25, 0.3) is 5.69 Å². The van der Waals surface area contributed by atoms with Gasteiger partial charge in [-0.2, -0.15) is 5.10 Å². The second kappa shape index (κ2) is 5.31. The molecular weight excluding hydrogens is 262 g/mol. The first kappa shape index (κ1) is 13.4. The van der Waals surface area contributed by atoms with Crippen molar-refractivity contribution >= 4 is 17.6 Å². The van der Waals surface area contributed by atoms with Gasteiger partial charge in [0.25, 0.3) is 0 Å². The normalized spacial score (nSPS) is 11.8. The third-order valence-corrected chi connectivity index (χ3v) is 3.47. The molecule has 0 unspecified atom stereocenters. The molecule has 1 aromatic carbocycles. The zero-order valence-electron chi connectivity index (χ0n) is 11.0. The van der Waals surface area contributed by atoms with Crippen molar-refractivity contribution in [2.45, 2.75) is 18.7 Å². The van der Waals surface area contributed by atoms with Crippen LogP contribution in [0.4, 0.5) is 0 Å². The molecule has 0 spiro atoms. The number of nitrogens with two attached hydrogens (primary N) is 1. The van der Waals surface area contributed by atoms with E-state index in [2.05, 4.69) is 15.2 Å². The van der Waals surface area contributed by atoms with Crippen LogP contribution in [0.15, 0.2) is 28.3 Å². The molecule has 0 atom stereocenters. The van der Waals surface area contributed by atoms with Gasteiger partial charge in [-0.05, 0) is 32.2 Å². The van der Waals surface area contributed by atoms with E-state index < -0.39 is 0 Å². The molecule has 0 aliphatic rings. The van der Waals surface area contributed by atoms with Crippen molar-refractivity contribution in [2.75, 3.05) is 6.26 Å². The first-order valence-corrected chi connectivity index (χ1v) is 6.86. The Labute approximate surface area is 115 Å². The van der Waals surface area contributed by atoms with E-state index in [1.54, 1.807) is 4.68 Å². The number of nitrogens with zero attached hydrogens (tertiary/aromatic N) is 4. The number of thioether (sulfide) groups is 1. The van der Waals surface area contributed by atoms with Crippen molar-refractivity contribution in [3.63, 3.8) is 0 Å². The summed E-state index contributed by atoms with van der Waals surface area (Å²) in [7, 11) is 0. The molecule has 0 radical (unpaired) electrons. The van der Waals surface area contributed by atoms with Crippen molar-refractivity contribution in [3.05, 3.63) is 35.4 Å². The van der Waals surface area contributed by atoms with E-state index in [4.69, 9.17) is 10.9 Å². The molecule has 0 bridgehead atoms. The maximum atomic E-state index is 8.96. The van der Waals surface area contributed by atoms with Crippen LogP contribution >= 0.6 is 11.8 Å². The summed E-state index contributed by atoms with van der Waals surface area (Å²) < 4.78 is 1.70. The summed E-state index contributed by atoms with van der Waals surface area (Å²) in [6.07, 6.45) is 1.94. The largest absolute Gasteiger partial charge is 0.409 e. The van der Waals surface area contributed by atoms with Gasteiger partial charge in [0.2, 0.25) is 0 Å². The molecule has 1 aromatic heterocycles. The number of aryl methyl sites for hydroxylation is 2. The Morgan fingerprint density at radius 3 is 2.68 bits per heavy atom. The predicted molar refractivity (Wildman–Crippen MR) is 75.1 cm³/mol. The van der Waals surface area contributed by atoms with Crippen LogP contribution in [-0.4, -0.2) is 32.1 Å². The number of amidine groups is 1. The Morgan fingerprint density at radius 2 is 2.16 bits per heavy atom. The first-order chi connectivity index (χ1) is 9.08. The second-order valence-corrected chi connectivity index (χ2v) is 4.81. The minimum Gasteiger partial charge on any atom is -0.409 e. The lowest BCUT2D eigenvalue weighted by atomic mass is 10.1. The van der Waals surface area contributed by atoms with Crippen LogP contribution in [0.1, 0.15) is 17.2 Å². The van der Waals surface area contributed by atoms with E-state index in [0.717, 1.165) is 16.4 Å². The van der Waals surface area contributed by atoms with Crippen molar-refractivity contribution in [1.29, 1.82) is 0 Å². The monoisotopic (exact) mass is 277 g/mol. The van der Waals surface area contributed by atoms with Gasteiger partial charge >= 0.3 is 0 Å². The molecule has 100 valence electrons. The van der Waals surface area contributed by atoms with Crippen LogP contribution in [0, 0.1) is 13.8 Å². The minimum atomic E-state index is 0.0625. The average molecular weight is 277 g/mol. The summed E-state index contributed by atoms with van der Waals surface area (Å²) in [6.45, 7) is 3.69. The molecule has 0 aliphatic heterocycles. The molecule has 6 nitrogen and oxygen atoms in total. The molecule has 7 heteroatoms. The quantitative estimate of drug-likeness (QED) is 0.293. The lowest BCUT2D eigenvalue weighted by Gasteiger charge is -2.12. The number of rotatable bonds is 3. The van der Waals surface area contributed by atoms with Gasteiger partial charge in [0, 0.05) is 4.90 Å². The standard InChI is InChI=1S/C12H15N5OS/c1-7-14-8(2)17(15-7)9-5-4-6-10(19-3)11(9)12(13)16-18/h4-6,18H,1-3H3,(H2,13,16). The lowest BCUT2D eigenvalue weighted by Crippen LogP contribution is -2.18. The van der Waals surface area contributed by atoms with E-state index in [1.807, 2.05) is 38.3 Å². The first-order valence-electron chi connectivity index (χ1n) is 5.64. The van der Waals surface area contributed by atoms with Gasteiger partial charge in [0.05, 0.1) is 11.3 Å². The Morgan fingerprint density at radius 1 is 1.42 bits per heavy atom. The molecule has 0 fully saturated rings. The highest BCUT2D eigenvalue weighted by Crippen LogP contribution is 2.26. The molecular formula is C12H15N5OS. The van der Waals surface area contributed by atoms with Crippen LogP contribution in [0.2, 0.25) is 0 Å². The Kier molecular flexibility index (Phi) is 3.75. The van der Waals surface area contributed by atoms with E-state index in [9.17, 15) is 0 Å². The second-order valence-electron chi connectivity index (χ2n) is 3.96. The fraction of sp³-hybridized carbons (Fsp3) is 0.250. The molecule has 3 N–H and O–H groups in total. The smallest absolute Gasteiger partial charge is 0.173 e. The van der Waals surface area contributed by atoms with Gasteiger partial charge < -0.3 is 10.9 Å². The Balaban J connectivity index is 2.73. The predicted octanol–water partition coefficient (Wildman–Crippen LogP) is 1.70. The fourth-order valence-corrected chi connectivity index (χ4v) is 2.55. The fourth-order valence-electron chi connectivity index (χ4n) is 1.92. The summed E-state index contributed by atoms with van der Waals surface area (Å²) in [5, 5.41) is 16.4. The molecule has 2 rings (SSSR count). The molecule has 0 amide bonds. The summed E-state index contributed by atoms with van der Waals surface area (Å²) in [5.41, 5.74) is 7.20. The molecule has 19 heavy (non-hydrogen) atoms. The zero-order chi connectivity index (χ0) is 14.0.